The van der Waals surface area contributed by atoms with E-state index in [-0.39, 0.29) is 18.1 Å². The maximum Gasteiger partial charge on any atom is 0.224 e. The second-order valence-corrected chi connectivity index (χ2v) is 5.31. The number of hydrogen-bond donors (Lipinski definition) is 3. The van der Waals surface area contributed by atoms with Crippen LogP contribution in [0.15, 0.2) is 24.3 Å². The molecule has 2 rings (SSSR count). The molecule has 2 unspecified atom stereocenters. The Hall–Kier alpha value is -1.55. The fourth-order valence-electron chi connectivity index (χ4n) is 2.53. The van der Waals surface area contributed by atoms with Gasteiger partial charge in [0.15, 0.2) is 0 Å². The van der Waals surface area contributed by atoms with E-state index in [2.05, 4.69) is 17.6 Å². The summed E-state index contributed by atoms with van der Waals surface area (Å²) in [6.07, 6.45) is 3.77. The second kappa shape index (κ2) is 6.57. The van der Waals surface area contributed by atoms with Crippen LogP contribution < -0.4 is 10.6 Å². The van der Waals surface area contributed by atoms with E-state index in [0.717, 1.165) is 6.42 Å². The fourth-order valence-corrected chi connectivity index (χ4v) is 2.53. The SMILES string of the molecule is CC1CCCC(CNC(=O)Cc2ccccc2O)N1. The minimum absolute atomic E-state index is 0.0403. The Labute approximate surface area is 114 Å². The summed E-state index contributed by atoms with van der Waals surface area (Å²) in [6, 6.07) is 7.87. The summed E-state index contributed by atoms with van der Waals surface area (Å²) in [5.74, 6) is 0.142. The minimum atomic E-state index is -0.0403. The molecule has 1 aromatic rings. The van der Waals surface area contributed by atoms with Crippen LogP contribution in [0.25, 0.3) is 0 Å². The predicted molar refractivity (Wildman–Crippen MR) is 75.1 cm³/mol. The van der Waals surface area contributed by atoms with Crippen molar-refractivity contribution < 1.29 is 9.90 Å². The fraction of sp³-hybridized carbons (Fsp3) is 0.533. The van der Waals surface area contributed by atoms with Crippen molar-refractivity contribution in [1.29, 1.82) is 0 Å². The molecule has 1 aliphatic heterocycles. The summed E-state index contributed by atoms with van der Waals surface area (Å²) < 4.78 is 0. The van der Waals surface area contributed by atoms with Crippen molar-refractivity contribution >= 4 is 5.91 Å². The summed E-state index contributed by atoms with van der Waals surface area (Å²) in [4.78, 5) is 11.8. The van der Waals surface area contributed by atoms with Crippen molar-refractivity contribution in [3.63, 3.8) is 0 Å². The number of piperidine rings is 1. The first kappa shape index (κ1) is 13.9. The number of nitrogens with one attached hydrogen (secondary N) is 2. The Kier molecular flexibility index (Phi) is 4.80. The first-order valence-electron chi connectivity index (χ1n) is 6.95. The highest BCUT2D eigenvalue weighted by atomic mass is 16.3. The van der Waals surface area contributed by atoms with E-state index in [1.54, 1.807) is 18.2 Å². The molecule has 3 N–H and O–H groups in total. The van der Waals surface area contributed by atoms with Crippen LogP contribution in [0.4, 0.5) is 0 Å². The molecule has 1 heterocycles. The predicted octanol–water partition coefficient (Wildman–Crippen LogP) is 1.58. The Bertz CT molecular complexity index is 434. The molecule has 1 saturated heterocycles. The van der Waals surface area contributed by atoms with Gasteiger partial charge in [0.25, 0.3) is 0 Å². The van der Waals surface area contributed by atoms with Gasteiger partial charge in [0.05, 0.1) is 6.42 Å². The first-order chi connectivity index (χ1) is 9.15. The summed E-state index contributed by atoms with van der Waals surface area (Å²) in [5.41, 5.74) is 0.671. The van der Waals surface area contributed by atoms with Gasteiger partial charge in [-0.2, -0.15) is 0 Å². The van der Waals surface area contributed by atoms with Crippen molar-refractivity contribution in [1.82, 2.24) is 10.6 Å². The molecule has 1 amide bonds. The number of para-hydroxylation sites is 1. The summed E-state index contributed by atoms with van der Waals surface area (Å²) >= 11 is 0. The van der Waals surface area contributed by atoms with E-state index in [1.165, 1.54) is 12.8 Å². The van der Waals surface area contributed by atoms with E-state index in [0.29, 0.717) is 24.2 Å². The zero-order valence-corrected chi connectivity index (χ0v) is 11.4. The Morgan fingerprint density at radius 2 is 2.21 bits per heavy atom. The van der Waals surface area contributed by atoms with E-state index in [1.807, 2.05) is 6.07 Å². The van der Waals surface area contributed by atoms with Crippen LogP contribution in [0.2, 0.25) is 0 Å². The highest BCUT2D eigenvalue weighted by molar-refractivity contribution is 5.79. The lowest BCUT2D eigenvalue weighted by Crippen LogP contribution is -2.47. The number of phenolic OH excluding ortho intramolecular Hbond substituents is 1. The van der Waals surface area contributed by atoms with Gasteiger partial charge in [-0.3, -0.25) is 4.79 Å². The lowest BCUT2D eigenvalue weighted by Gasteiger charge is -2.28. The lowest BCUT2D eigenvalue weighted by atomic mass is 9.99. The largest absolute Gasteiger partial charge is 0.508 e. The zero-order chi connectivity index (χ0) is 13.7. The Morgan fingerprint density at radius 1 is 1.42 bits per heavy atom. The molecule has 2 atom stereocenters. The van der Waals surface area contributed by atoms with Crippen LogP contribution in [0.3, 0.4) is 0 Å². The molecule has 0 spiro atoms. The van der Waals surface area contributed by atoms with Crippen molar-refractivity contribution in [3.8, 4) is 5.75 Å². The van der Waals surface area contributed by atoms with Crippen molar-refractivity contribution in [2.75, 3.05) is 6.54 Å². The van der Waals surface area contributed by atoms with Gasteiger partial charge in [0, 0.05) is 24.2 Å². The topological polar surface area (TPSA) is 61.4 Å². The number of hydrogen-bond acceptors (Lipinski definition) is 3. The molecule has 19 heavy (non-hydrogen) atoms. The third-order valence-corrected chi connectivity index (χ3v) is 3.60. The molecule has 4 nitrogen and oxygen atoms in total. The molecular formula is C15H22N2O2. The van der Waals surface area contributed by atoms with Gasteiger partial charge < -0.3 is 15.7 Å². The number of aromatic hydroxyl groups is 1. The van der Waals surface area contributed by atoms with Crippen LogP contribution in [0, 0.1) is 0 Å². The van der Waals surface area contributed by atoms with E-state index < -0.39 is 0 Å². The maximum atomic E-state index is 11.8. The zero-order valence-electron chi connectivity index (χ0n) is 11.4. The van der Waals surface area contributed by atoms with Gasteiger partial charge in [-0.1, -0.05) is 24.6 Å². The van der Waals surface area contributed by atoms with E-state index >= 15 is 0 Å². The number of carbonyl (C=O) groups is 1. The number of amides is 1. The van der Waals surface area contributed by atoms with Crippen LogP contribution in [0.5, 0.6) is 5.75 Å². The van der Waals surface area contributed by atoms with Gasteiger partial charge in [0.1, 0.15) is 5.75 Å². The number of carbonyl (C=O) groups excluding carboxylic acids is 1. The summed E-state index contributed by atoms with van der Waals surface area (Å²) in [7, 11) is 0. The summed E-state index contributed by atoms with van der Waals surface area (Å²) in [5, 5.41) is 16.0. The van der Waals surface area contributed by atoms with Crippen LogP contribution in [-0.4, -0.2) is 29.6 Å². The smallest absolute Gasteiger partial charge is 0.224 e. The number of rotatable bonds is 4. The molecular weight excluding hydrogens is 240 g/mol. The third-order valence-electron chi connectivity index (χ3n) is 3.60. The van der Waals surface area contributed by atoms with Gasteiger partial charge in [-0.05, 0) is 25.8 Å². The quantitative estimate of drug-likeness (QED) is 0.772. The Balaban J connectivity index is 1.77. The molecule has 1 aromatic carbocycles. The average Bonchev–Trinajstić information content (AvgIpc) is 2.39. The molecule has 0 aromatic heterocycles. The van der Waals surface area contributed by atoms with Gasteiger partial charge in [-0.25, -0.2) is 0 Å². The third kappa shape index (κ3) is 4.24. The van der Waals surface area contributed by atoms with E-state index in [4.69, 9.17) is 0 Å². The van der Waals surface area contributed by atoms with Crippen LogP contribution in [0.1, 0.15) is 31.7 Å². The number of benzene rings is 1. The maximum absolute atomic E-state index is 11.8. The molecule has 0 saturated carbocycles. The molecule has 0 bridgehead atoms. The van der Waals surface area contributed by atoms with Crippen LogP contribution in [-0.2, 0) is 11.2 Å². The first-order valence-corrected chi connectivity index (χ1v) is 6.95. The van der Waals surface area contributed by atoms with Gasteiger partial charge in [-0.15, -0.1) is 0 Å². The lowest BCUT2D eigenvalue weighted by molar-refractivity contribution is -0.120. The molecule has 0 radical (unpaired) electrons. The van der Waals surface area contributed by atoms with Crippen molar-refractivity contribution in [2.24, 2.45) is 0 Å². The molecule has 1 fully saturated rings. The van der Waals surface area contributed by atoms with E-state index in [9.17, 15) is 9.90 Å². The Morgan fingerprint density at radius 3 is 2.95 bits per heavy atom. The van der Waals surface area contributed by atoms with Gasteiger partial charge >= 0.3 is 0 Å². The van der Waals surface area contributed by atoms with Crippen LogP contribution >= 0.6 is 0 Å². The monoisotopic (exact) mass is 262 g/mol. The highest BCUT2D eigenvalue weighted by Crippen LogP contribution is 2.16. The van der Waals surface area contributed by atoms with Gasteiger partial charge in [0.2, 0.25) is 5.91 Å². The normalized spacial score (nSPS) is 23.0. The minimum Gasteiger partial charge on any atom is -0.508 e. The molecule has 104 valence electrons. The van der Waals surface area contributed by atoms with Crippen molar-refractivity contribution in [3.05, 3.63) is 29.8 Å². The average molecular weight is 262 g/mol. The highest BCUT2D eigenvalue weighted by Gasteiger charge is 2.18. The summed E-state index contributed by atoms with van der Waals surface area (Å²) in [6.45, 7) is 2.84. The van der Waals surface area contributed by atoms with Crippen molar-refractivity contribution in [2.45, 2.75) is 44.7 Å². The standard InChI is InChI=1S/C15H22N2O2/c1-11-5-4-7-13(17-11)10-16-15(19)9-12-6-2-3-8-14(12)18/h2-3,6,8,11,13,17-18H,4-5,7,9-10H2,1H3,(H,16,19). The molecule has 0 aliphatic carbocycles. The molecule has 1 aliphatic rings. The molecule has 4 heteroatoms. The number of phenols is 1. The second-order valence-electron chi connectivity index (χ2n) is 5.31.